The number of benzene rings is 1. The van der Waals surface area contributed by atoms with E-state index in [4.69, 9.17) is 5.26 Å². The Hall–Kier alpha value is -1.55. The van der Waals surface area contributed by atoms with Crippen LogP contribution in [0, 0.1) is 17.2 Å². The van der Waals surface area contributed by atoms with Gasteiger partial charge in [0.2, 0.25) is 0 Å². The first kappa shape index (κ1) is 12.9. The smallest absolute Gasteiger partial charge is 0.0991 e. The van der Waals surface area contributed by atoms with Gasteiger partial charge in [0.05, 0.1) is 11.6 Å². The first-order valence-corrected chi connectivity index (χ1v) is 6.94. The van der Waals surface area contributed by atoms with Crippen molar-refractivity contribution in [1.29, 1.82) is 5.26 Å². The summed E-state index contributed by atoms with van der Waals surface area (Å²) in [4.78, 5) is 0. The summed E-state index contributed by atoms with van der Waals surface area (Å²) in [6, 6.07) is 10.3. The zero-order chi connectivity index (χ0) is 12.8. The lowest BCUT2D eigenvalue weighted by Crippen LogP contribution is -2.12. The van der Waals surface area contributed by atoms with Crippen LogP contribution in [-0.4, -0.2) is 0 Å². The molecule has 0 heterocycles. The van der Waals surface area contributed by atoms with Crippen LogP contribution in [0.3, 0.4) is 0 Å². The number of allylic oxidation sites excluding steroid dienone is 2. The third kappa shape index (κ3) is 3.23. The van der Waals surface area contributed by atoms with Crippen LogP contribution < -0.4 is 0 Å². The van der Waals surface area contributed by atoms with E-state index in [0.29, 0.717) is 5.92 Å². The van der Waals surface area contributed by atoms with Gasteiger partial charge in [-0.3, -0.25) is 0 Å². The van der Waals surface area contributed by atoms with E-state index in [2.05, 4.69) is 37.3 Å². The molecule has 0 spiro atoms. The molecule has 1 fully saturated rings. The summed E-state index contributed by atoms with van der Waals surface area (Å²) in [7, 11) is 0. The molecule has 0 atom stereocenters. The Morgan fingerprint density at radius 3 is 2.39 bits per heavy atom. The molecule has 0 amide bonds. The van der Waals surface area contributed by atoms with Crippen molar-refractivity contribution in [3.05, 3.63) is 47.5 Å². The maximum atomic E-state index is 8.80. The average molecular weight is 239 g/mol. The Kier molecular flexibility index (Phi) is 4.59. The lowest BCUT2D eigenvalue weighted by atomic mass is 9.77. The molecule has 2 rings (SSSR count). The van der Waals surface area contributed by atoms with Crippen molar-refractivity contribution >= 4 is 0 Å². The maximum Gasteiger partial charge on any atom is 0.0991 e. The molecule has 1 aliphatic carbocycles. The quantitative estimate of drug-likeness (QED) is 0.695. The second-order valence-electron chi connectivity index (χ2n) is 5.26. The van der Waals surface area contributed by atoms with Crippen LogP contribution in [0.15, 0.2) is 36.4 Å². The summed E-state index contributed by atoms with van der Waals surface area (Å²) in [6.07, 6.45) is 11.0. The van der Waals surface area contributed by atoms with Gasteiger partial charge in [-0.05, 0) is 68.6 Å². The molecule has 1 aliphatic rings. The van der Waals surface area contributed by atoms with E-state index in [-0.39, 0.29) is 0 Å². The topological polar surface area (TPSA) is 23.8 Å². The van der Waals surface area contributed by atoms with Crippen molar-refractivity contribution in [3.63, 3.8) is 0 Å². The van der Waals surface area contributed by atoms with Gasteiger partial charge in [0.1, 0.15) is 0 Å². The Balaban J connectivity index is 1.90. The van der Waals surface area contributed by atoms with Crippen molar-refractivity contribution in [2.75, 3.05) is 0 Å². The highest BCUT2D eigenvalue weighted by atomic mass is 14.3. The predicted molar refractivity (Wildman–Crippen MR) is 75.3 cm³/mol. The van der Waals surface area contributed by atoms with Gasteiger partial charge >= 0.3 is 0 Å². The fraction of sp³-hybridized carbons (Fsp3) is 0.471. The van der Waals surface area contributed by atoms with Crippen molar-refractivity contribution in [2.45, 2.75) is 44.9 Å². The van der Waals surface area contributed by atoms with Gasteiger partial charge in [0.15, 0.2) is 0 Å². The second-order valence-corrected chi connectivity index (χ2v) is 5.26. The van der Waals surface area contributed by atoms with Crippen molar-refractivity contribution in [3.8, 4) is 6.07 Å². The zero-order valence-electron chi connectivity index (χ0n) is 11.1. The highest BCUT2D eigenvalue weighted by Crippen LogP contribution is 2.37. The predicted octanol–water partition coefficient (Wildman–Crippen LogP) is 4.80. The van der Waals surface area contributed by atoms with Crippen LogP contribution >= 0.6 is 0 Å². The zero-order valence-corrected chi connectivity index (χ0v) is 11.1. The Morgan fingerprint density at radius 1 is 1.17 bits per heavy atom. The molecule has 0 saturated heterocycles. The molecule has 0 bridgehead atoms. The van der Waals surface area contributed by atoms with Crippen molar-refractivity contribution in [2.24, 2.45) is 5.92 Å². The molecule has 1 saturated carbocycles. The summed E-state index contributed by atoms with van der Waals surface area (Å²) < 4.78 is 0. The molecule has 0 N–H and O–H groups in total. The van der Waals surface area contributed by atoms with E-state index in [9.17, 15) is 0 Å². The van der Waals surface area contributed by atoms with Crippen LogP contribution in [0.4, 0.5) is 0 Å². The number of hydrogen-bond acceptors (Lipinski definition) is 1. The first-order chi connectivity index (χ1) is 8.83. The van der Waals surface area contributed by atoms with E-state index < -0.39 is 0 Å². The Labute approximate surface area is 110 Å². The van der Waals surface area contributed by atoms with E-state index >= 15 is 0 Å². The lowest BCUT2D eigenvalue weighted by molar-refractivity contribution is 0.328. The maximum absolute atomic E-state index is 8.80. The molecule has 1 aromatic carbocycles. The molecule has 1 nitrogen and oxygen atoms in total. The molecule has 0 radical (unpaired) electrons. The normalized spacial score (nSPS) is 24.0. The molecule has 1 aromatic rings. The van der Waals surface area contributed by atoms with Gasteiger partial charge in [-0.15, -0.1) is 0 Å². The number of nitrogens with zero attached hydrogens (tertiary/aromatic N) is 1. The molecular formula is C17H21N. The van der Waals surface area contributed by atoms with Gasteiger partial charge in [0.25, 0.3) is 0 Å². The van der Waals surface area contributed by atoms with Gasteiger partial charge in [0, 0.05) is 0 Å². The number of nitriles is 1. The van der Waals surface area contributed by atoms with Gasteiger partial charge in [-0.1, -0.05) is 24.3 Å². The minimum Gasteiger partial charge on any atom is -0.192 e. The van der Waals surface area contributed by atoms with Crippen molar-refractivity contribution in [1.82, 2.24) is 0 Å². The van der Waals surface area contributed by atoms with Crippen LogP contribution in [0.25, 0.3) is 0 Å². The van der Waals surface area contributed by atoms with E-state index in [0.717, 1.165) is 11.5 Å². The minimum atomic E-state index is 0.708. The molecule has 94 valence electrons. The highest BCUT2D eigenvalue weighted by molar-refractivity contribution is 5.33. The van der Waals surface area contributed by atoms with Crippen LogP contribution in [0.1, 0.15) is 56.1 Å². The van der Waals surface area contributed by atoms with E-state index in [1.54, 1.807) is 0 Å². The average Bonchev–Trinajstić information content (AvgIpc) is 2.46. The summed E-state index contributed by atoms with van der Waals surface area (Å²) in [5.74, 6) is 1.59. The monoisotopic (exact) mass is 239 g/mol. The van der Waals surface area contributed by atoms with Gasteiger partial charge < -0.3 is 0 Å². The summed E-state index contributed by atoms with van der Waals surface area (Å²) in [5, 5.41) is 8.80. The standard InChI is InChI=1S/C17H21N/c1-2-3-4-14-5-9-16(10-6-14)17-11-7-15(13-18)8-12-17/h2-3,7-8,11-12,14,16H,4-6,9-10H2,1H3/b3-2+/t14-,16-. The van der Waals surface area contributed by atoms with E-state index in [1.807, 2.05) is 12.1 Å². The first-order valence-electron chi connectivity index (χ1n) is 6.94. The third-order valence-corrected chi connectivity index (χ3v) is 4.06. The van der Waals surface area contributed by atoms with Crippen LogP contribution in [0.5, 0.6) is 0 Å². The fourth-order valence-corrected chi connectivity index (χ4v) is 2.89. The molecule has 0 aromatic heterocycles. The van der Waals surface area contributed by atoms with Crippen LogP contribution in [-0.2, 0) is 0 Å². The summed E-state index contributed by atoms with van der Waals surface area (Å²) >= 11 is 0. The molecular weight excluding hydrogens is 218 g/mol. The Morgan fingerprint density at radius 2 is 1.83 bits per heavy atom. The van der Waals surface area contributed by atoms with Gasteiger partial charge in [-0.25, -0.2) is 0 Å². The molecule has 1 heteroatoms. The number of rotatable bonds is 3. The molecule has 0 aliphatic heterocycles. The minimum absolute atomic E-state index is 0.708. The van der Waals surface area contributed by atoms with Crippen LogP contribution in [0.2, 0.25) is 0 Å². The van der Waals surface area contributed by atoms with Crippen molar-refractivity contribution < 1.29 is 0 Å². The van der Waals surface area contributed by atoms with Gasteiger partial charge in [-0.2, -0.15) is 5.26 Å². The molecule has 18 heavy (non-hydrogen) atoms. The second kappa shape index (κ2) is 6.40. The summed E-state index contributed by atoms with van der Waals surface area (Å²) in [6.45, 7) is 2.10. The lowest BCUT2D eigenvalue weighted by Gasteiger charge is -2.28. The molecule has 0 unspecified atom stereocenters. The largest absolute Gasteiger partial charge is 0.192 e. The summed E-state index contributed by atoms with van der Waals surface area (Å²) in [5.41, 5.74) is 2.18. The SMILES string of the molecule is C/C=C/C[C@H]1CC[C@H](c2ccc(C#N)cc2)CC1. The number of hydrogen-bond donors (Lipinski definition) is 0. The highest BCUT2D eigenvalue weighted by Gasteiger charge is 2.21. The fourth-order valence-electron chi connectivity index (χ4n) is 2.89. The van der Waals surface area contributed by atoms with E-state index in [1.165, 1.54) is 37.7 Å². The third-order valence-electron chi connectivity index (χ3n) is 4.06. The Bertz CT molecular complexity index is 428.